The maximum absolute atomic E-state index is 8.55. The molecule has 52 valence electrons. The highest BCUT2D eigenvalue weighted by molar-refractivity contribution is 5.73. The molecule has 0 aromatic carbocycles. The molecule has 1 rings (SSSR count). The molecule has 10 heavy (non-hydrogen) atoms. The fourth-order valence-corrected chi connectivity index (χ4v) is 0.952. The van der Waals surface area contributed by atoms with Crippen molar-refractivity contribution < 1.29 is 4.90 Å². The van der Waals surface area contributed by atoms with E-state index >= 15 is 0 Å². The lowest BCUT2D eigenvalue weighted by Gasteiger charge is -2.10. The Morgan fingerprint density at radius 1 is 1.80 bits per heavy atom. The Balaban J connectivity index is 2.68. The number of nitriles is 1. The summed E-state index contributed by atoms with van der Waals surface area (Å²) in [6.07, 6.45) is 3.63. The van der Waals surface area contributed by atoms with Gasteiger partial charge < -0.3 is 0 Å². The third-order valence-corrected chi connectivity index (χ3v) is 1.60. The van der Waals surface area contributed by atoms with Gasteiger partial charge in [0.2, 0.25) is 5.84 Å². The lowest BCUT2D eigenvalue weighted by molar-refractivity contribution is -0.763. The molecule has 1 N–H and O–H groups in total. The van der Waals surface area contributed by atoms with Gasteiger partial charge in [0, 0.05) is 13.8 Å². The van der Waals surface area contributed by atoms with E-state index in [4.69, 9.17) is 5.26 Å². The van der Waals surface area contributed by atoms with E-state index in [1.807, 2.05) is 20.0 Å². The van der Waals surface area contributed by atoms with Crippen LogP contribution in [0, 0.1) is 11.3 Å². The third-order valence-electron chi connectivity index (χ3n) is 1.60. The van der Waals surface area contributed by atoms with Crippen LogP contribution in [0.5, 0.6) is 0 Å². The highest BCUT2D eigenvalue weighted by Crippen LogP contribution is 1.82. The second-order valence-electron chi connectivity index (χ2n) is 2.34. The molecule has 0 aromatic heterocycles. The highest BCUT2D eigenvalue weighted by atomic mass is 15.2. The van der Waals surface area contributed by atoms with Gasteiger partial charge in [-0.2, -0.15) is 5.26 Å². The number of aliphatic imine (C=N–C) groups is 1. The zero-order chi connectivity index (χ0) is 7.56. The fourth-order valence-electron chi connectivity index (χ4n) is 0.952. The van der Waals surface area contributed by atoms with E-state index in [0.29, 0.717) is 0 Å². The van der Waals surface area contributed by atoms with Crippen molar-refractivity contribution in [1.29, 1.82) is 5.26 Å². The minimum atomic E-state index is -0.0255. The molecule has 0 bridgehead atoms. The molecular formula is C7H10N3+. The van der Waals surface area contributed by atoms with E-state index in [0.717, 1.165) is 10.7 Å². The topological polar surface area (TPSA) is 40.6 Å². The molecule has 0 fully saturated rings. The number of hydrogen-bond acceptors (Lipinski definition) is 2. The molecule has 0 radical (unpaired) electrons. The molecule has 0 spiro atoms. The highest BCUT2D eigenvalue weighted by Gasteiger charge is 2.20. The molecular weight excluding hydrogens is 126 g/mol. The third kappa shape index (κ3) is 1.07. The largest absolute Gasteiger partial charge is 0.249 e. The lowest BCUT2D eigenvalue weighted by Crippen LogP contribution is -3.12. The number of nitrogens with zero attached hydrogens (tertiary/aromatic N) is 2. The standard InChI is InChI=1S/C7H9N3/c1-6(5-8)10-4-3-9-7(10)2/h3-4,6H,1-2H3/p+1. The number of quaternary nitrogens is 1. The summed E-state index contributed by atoms with van der Waals surface area (Å²) in [7, 11) is 0. The van der Waals surface area contributed by atoms with Crippen LogP contribution in [0.2, 0.25) is 0 Å². The fraction of sp³-hybridized carbons (Fsp3) is 0.429. The van der Waals surface area contributed by atoms with Crippen LogP contribution < -0.4 is 4.90 Å². The van der Waals surface area contributed by atoms with Gasteiger partial charge in [0.15, 0.2) is 6.04 Å². The molecule has 2 atom stereocenters. The van der Waals surface area contributed by atoms with Crippen LogP contribution in [0.25, 0.3) is 0 Å². The molecule has 0 aromatic rings. The molecule has 1 heterocycles. The molecule has 0 saturated carbocycles. The summed E-state index contributed by atoms with van der Waals surface area (Å²) in [5.41, 5.74) is 0. The van der Waals surface area contributed by atoms with Crippen molar-refractivity contribution in [3.63, 3.8) is 0 Å². The van der Waals surface area contributed by atoms with E-state index < -0.39 is 0 Å². The maximum Gasteiger partial charge on any atom is 0.203 e. The van der Waals surface area contributed by atoms with Gasteiger partial charge in [0.1, 0.15) is 12.3 Å². The molecule has 0 amide bonds. The van der Waals surface area contributed by atoms with E-state index in [-0.39, 0.29) is 6.04 Å². The van der Waals surface area contributed by atoms with Crippen LogP contribution in [0.1, 0.15) is 13.8 Å². The summed E-state index contributed by atoms with van der Waals surface area (Å²) in [6, 6.07) is 2.14. The molecule has 1 aliphatic rings. The monoisotopic (exact) mass is 136 g/mol. The first-order valence-corrected chi connectivity index (χ1v) is 3.23. The van der Waals surface area contributed by atoms with Gasteiger partial charge in [-0.3, -0.25) is 0 Å². The molecule has 0 aliphatic carbocycles. The Labute approximate surface area is 60.3 Å². The van der Waals surface area contributed by atoms with Crippen LogP contribution in [0.3, 0.4) is 0 Å². The average molecular weight is 136 g/mol. The lowest BCUT2D eigenvalue weighted by atomic mass is 10.3. The number of rotatable bonds is 1. The summed E-state index contributed by atoms with van der Waals surface area (Å²) in [5, 5.41) is 8.55. The number of nitrogens with one attached hydrogen (secondary N) is 1. The molecule has 0 saturated heterocycles. The van der Waals surface area contributed by atoms with Crippen molar-refractivity contribution in [3.8, 4) is 6.07 Å². The predicted octanol–water partition coefficient (Wildman–Crippen LogP) is -0.313. The van der Waals surface area contributed by atoms with E-state index in [1.54, 1.807) is 6.20 Å². The van der Waals surface area contributed by atoms with E-state index in [9.17, 15) is 0 Å². The normalized spacial score (nSPS) is 25.7. The van der Waals surface area contributed by atoms with Crippen molar-refractivity contribution in [2.75, 3.05) is 0 Å². The van der Waals surface area contributed by atoms with Gasteiger partial charge in [-0.25, -0.2) is 9.89 Å². The van der Waals surface area contributed by atoms with Crippen LogP contribution in [0.4, 0.5) is 0 Å². The zero-order valence-corrected chi connectivity index (χ0v) is 6.13. The Hall–Kier alpha value is -1.14. The summed E-state index contributed by atoms with van der Waals surface area (Å²) >= 11 is 0. The summed E-state index contributed by atoms with van der Waals surface area (Å²) in [5.74, 6) is 0.967. The van der Waals surface area contributed by atoms with Gasteiger partial charge in [-0.15, -0.1) is 0 Å². The van der Waals surface area contributed by atoms with Crippen molar-refractivity contribution in [2.45, 2.75) is 19.9 Å². The Bertz CT molecular complexity index is 221. The first-order valence-electron chi connectivity index (χ1n) is 3.23. The Kier molecular flexibility index (Phi) is 1.83. The smallest absolute Gasteiger partial charge is 0.203 e. The second-order valence-corrected chi connectivity index (χ2v) is 2.34. The van der Waals surface area contributed by atoms with Crippen LogP contribution in [0.15, 0.2) is 17.4 Å². The van der Waals surface area contributed by atoms with E-state index in [1.165, 1.54) is 0 Å². The summed E-state index contributed by atoms with van der Waals surface area (Å²) < 4.78 is 0. The quantitative estimate of drug-likeness (QED) is 0.527. The van der Waals surface area contributed by atoms with Crippen molar-refractivity contribution in [3.05, 3.63) is 12.4 Å². The van der Waals surface area contributed by atoms with Gasteiger partial charge in [-0.05, 0) is 0 Å². The van der Waals surface area contributed by atoms with Crippen LogP contribution >= 0.6 is 0 Å². The Morgan fingerprint density at radius 3 is 2.90 bits per heavy atom. The SMILES string of the molecule is CC1=NC=C[NH+]1C(C)C#N. The average Bonchev–Trinajstić information content (AvgIpc) is 2.34. The first-order chi connectivity index (χ1) is 4.75. The predicted molar refractivity (Wildman–Crippen MR) is 38.3 cm³/mol. The minimum Gasteiger partial charge on any atom is -0.249 e. The zero-order valence-electron chi connectivity index (χ0n) is 6.13. The van der Waals surface area contributed by atoms with E-state index in [2.05, 4.69) is 11.1 Å². The van der Waals surface area contributed by atoms with Gasteiger partial charge in [0.05, 0.1) is 6.20 Å². The molecule has 3 nitrogen and oxygen atoms in total. The first kappa shape index (κ1) is 6.97. The minimum absolute atomic E-state index is 0.0255. The van der Waals surface area contributed by atoms with Gasteiger partial charge >= 0.3 is 0 Å². The van der Waals surface area contributed by atoms with Crippen LogP contribution in [-0.4, -0.2) is 11.9 Å². The Morgan fingerprint density at radius 2 is 2.50 bits per heavy atom. The molecule has 3 heteroatoms. The second kappa shape index (κ2) is 2.63. The number of amidine groups is 1. The summed E-state index contributed by atoms with van der Waals surface area (Å²) in [4.78, 5) is 5.08. The summed E-state index contributed by atoms with van der Waals surface area (Å²) in [6.45, 7) is 3.80. The maximum atomic E-state index is 8.55. The van der Waals surface area contributed by atoms with Crippen molar-refractivity contribution in [2.24, 2.45) is 4.99 Å². The van der Waals surface area contributed by atoms with Gasteiger partial charge in [0.25, 0.3) is 0 Å². The number of hydrogen-bond donors (Lipinski definition) is 1. The van der Waals surface area contributed by atoms with Gasteiger partial charge in [-0.1, -0.05) is 0 Å². The molecule has 1 aliphatic heterocycles. The molecule has 2 unspecified atom stereocenters. The van der Waals surface area contributed by atoms with Crippen molar-refractivity contribution in [1.82, 2.24) is 0 Å². The van der Waals surface area contributed by atoms with Crippen LogP contribution in [-0.2, 0) is 0 Å². The van der Waals surface area contributed by atoms with Crippen molar-refractivity contribution >= 4 is 5.84 Å².